The van der Waals surface area contributed by atoms with Crippen molar-refractivity contribution in [3.8, 4) is 0 Å². The summed E-state index contributed by atoms with van der Waals surface area (Å²) in [6, 6.07) is 0. The SMILES string of the molecule is CCC/C=C/C(CCC(CCCCCCCCC(=O)O)OOC(CCCCCCCCC(=O)O)CCC(/C=C/CCC)C1CC(=O)OC1O)C1CC(=O)OC1=O. The minimum absolute atomic E-state index is 0.0702. The third kappa shape index (κ3) is 22.0. The minimum atomic E-state index is -1.14. The number of carbonyl (C=O) groups excluding carboxylic acids is 3. The van der Waals surface area contributed by atoms with E-state index in [1.54, 1.807) is 0 Å². The first-order valence-electron chi connectivity index (χ1n) is 21.7. The van der Waals surface area contributed by atoms with Crippen molar-refractivity contribution in [1.82, 2.24) is 0 Å². The van der Waals surface area contributed by atoms with Crippen LogP contribution in [0.15, 0.2) is 24.3 Å². The number of rotatable bonds is 35. The molecular formula is C44H72O12. The minimum Gasteiger partial charge on any atom is -0.481 e. The van der Waals surface area contributed by atoms with Crippen molar-refractivity contribution in [1.29, 1.82) is 0 Å². The Labute approximate surface area is 335 Å². The molecule has 0 amide bonds. The van der Waals surface area contributed by atoms with E-state index in [0.717, 1.165) is 103 Å². The lowest BCUT2D eigenvalue weighted by Crippen LogP contribution is -2.26. The van der Waals surface area contributed by atoms with Crippen LogP contribution in [-0.4, -0.2) is 63.7 Å². The highest BCUT2D eigenvalue weighted by Gasteiger charge is 2.39. The van der Waals surface area contributed by atoms with Gasteiger partial charge in [-0.1, -0.05) is 115 Å². The standard InChI is InChI=1S/C44H72O12/c1-3-5-15-21-33(37-31-41(49)53-43(37)51)27-29-35(23-17-11-7-9-13-19-25-39(45)46)55-56-36(24-18-12-8-10-14-20-26-40(47)48)30-28-34(22-16-6-4-2)38-32-42(50)54-44(38)52/h15-16,21-22,33-38,43,51H,3-14,17-20,23-32H2,1-2H3,(H,45,46)(H,47,48)/b21-15+,22-16+. The molecule has 2 fully saturated rings. The maximum Gasteiger partial charge on any atom is 0.317 e. The van der Waals surface area contributed by atoms with Gasteiger partial charge < -0.3 is 24.8 Å². The fourth-order valence-corrected chi connectivity index (χ4v) is 7.61. The fraction of sp³-hybridized carbons (Fsp3) is 0.795. The molecular weight excluding hydrogens is 720 g/mol. The Morgan fingerprint density at radius 1 is 0.643 bits per heavy atom. The highest BCUT2D eigenvalue weighted by Crippen LogP contribution is 2.34. The van der Waals surface area contributed by atoms with Crippen LogP contribution in [0.1, 0.15) is 181 Å². The maximum atomic E-state index is 12.6. The normalized spacial score (nSPS) is 20.8. The second kappa shape index (κ2) is 30.1. The van der Waals surface area contributed by atoms with Gasteiger partial charge in [0.2, 0.25) is 6.29 Å². The number of cyclic esters (lactones) is 3. The molecule has 7 atom stereocenters. The van der Waals surface area contributed by atoms with Gasteiger partial charge in [-0.15, -0.1) is 0 Å². The van der Waals surface area contributed by atoms with Crippen LogP contribution in [0.2, 0.25) is 0 Å². The van der Waals surface area contributed by atoms with E-state index in [1.807, 2.05) is 6.08 Å². The van der Waals surface area contributed by atoms with Crippen LogP contribution < -0.4 is 0 Å². The van der Waals surface area contributed by atoms with Crippen LogP contribution in [0.5, 0.6) is 0 Å². The number of carbonyl (C=O) groups is 5. The number of aliphatic hydroxyl groups is 1. The number of hydrogen-bond donors (Lipinski definition) is 3. The number of aliphatic carboxylic acids is 2. The molecule has 0 bridgehead atoms. The number of ether oxygens (including phenoxy) is 2. The van der Waals surface area contributed by atoms with E-state index in [0.29, 0.717) is 38.5 Å². The highest BCUT2D eigenvalue weighted by atomic mass is 17.2. The Bertz CT molecular complexity index is 1200. The van der Waals surface area contributed by atoms with Gasteiger partial charge in [-0.3, -0.25) is 24.0 Å². The topological polar surface area (TPSA) is 183 Å². The molecule has 0 aromatic heterocycles. The molecule has 2 aliphatic heterocycles. The highest BCUT2D eigenvalue weighted by molar-refractivity contribution is 5.94. The van der Waals surface area contributed by atoms with Crippen molar-refractivity contribution >= 4 is 29.8 Å². The molecule has 56 heavy (non-hydrogen) atoms. The number of aliphatic hydroxyl groups excluding tert-OH is 1. The molecule has 12 nitrogen and oxygen atoms in total. The molecule has 0 aromatic carbocycles. The Kier molecular flexibility index (Phi) is 26.3. The summed E-state index contributed by atoms with van der Waals surface area (Å²) < 4.78 is 10.0. The molecule has 2 aliphatic rings. The Hall–Kier alpha value is -3.09. The summed E-state index contributed by atoms with van der Waals surface area (Å²) in [6.07, 6.45) is 26.0. The number of carboxylic acids is 2. The third-order valence-corrected chi connectivity index (χ3v) is 11.0. The van der Waals surface area contributed by atoms with Crippen molar-refractivity contribution in [2.45, 2.75) is 199 Å². The largest absolute Gasteiger partial charge is 0.481 e. The van der Waals surface area contributed by atoms with E-state index in [4.69, 9.17) is 29.5 Å². The van der Waals surface area contributed by atoms with E-state index < -0.39 is 42.1 Å². The first-order valence-corrected chi connectivity index (χ1v) is 21.7. The summed E-state index contributed by atoms with van der Waals surface area (Å²) in [6.45, 7) is 4.19. The maximum absolute atomic E-state index is 12.6. The Morgan fingerprint density at radius 3 is 1.54 bits per heavy atom. The number of unbranched alkanes of at least 4 members (excludes halogenated alkanes) is 12. The average Bonchev–Trinajstić information content (AvgIpc) is 3.68. The molecule has 0 saturated carbocycles. The van der Waals surface area contributed by atoms with Crippen molar-refractivity contribution in [3.63, 3.8) is 0 Å². The van der Waals surface area contributed by atoms with E-state index >= 15 is 0 Å². The number of carboxylic acid groups (broad SMARTS) is 2. The zero-order chi connectivity index (χ0) is 41.0. The Balaban J connectivity index is 2.14. The molecule has 0 radical (unpaired) electrons. The zero-order valence-corrected chi connectivity index (χ0v) is 34.3. The quantitative estimate of drug-likeness (QED) is 0.0138. The molecule has 0 aliphatic carbocycles. The van der Waals surface area contributed by atoms with Crippen molar-refractivity contribution < 1.29 is 58.5 Å². The lowest BCUT2D eigenvalue weighted by Gasteiger charge is -2.26. The predicted molar refractivity (Wildman–Crippen MR) is 212 cm³/mol. The molecule has 2 heterocycles. The second-order valence-corrected chi connectivity index (χ2v) is 15.8. The van der Waals surface area contributed by atoms with Crippen LogP contribution in [0, 0.1) is 23.7 Å². The van der Waals surface area contributed by atoms with Gasteiger partial charge in [-0.25, -0.2) is 9.78 Å². The molecule has 0 spiro atoms. The lowest BCUT2D eigenvalue weighted by molar-refractivity contribution is -0.355. The van der Waals surface area contributed by atoms with Crippen LogP contribution in [0.4, 0.5) is 0 Å². The third-order valence-electron chi connectivity index (χ3n) is 11.0. The van der Waals surface area contributed by atoms with E-state index in [2.05, 4.69) is 32.1 Å². The zero-order valence-electron chi connectivity index (χ0n) is 34.3. The van der Waals surface area contributed by atoms with E-state index in [-0.39, 0.29) is 55.6 Å². The smallest absolute Gasteiger partial charge is 0.317 e. The van der Waals surface area contributed by atoms with Gasteiger partial charge in [-0.05, 0) is 76.0 Å². The first kappa shape index (κ1) is 49.1. The van der Waals surface area contributed by atoms with Gasteiger partial charge in [0.05, 0.1) is 31.0 Å². The molecule has 12 heteroatoms. The van der Waals surface area contributed by atoms with Gasteiger partial charge in [0.1, 0.15) is 0 Å². The van der Waals surface area contributed by atoms with Crippen molar-refractivity contribution in [3.05, 3.63) is 24.3 Å². The monoisotopic (exact) mass is 793 g/mol. The van der Waals surface area contributed by atoms with Gasteiger partial charge in [0, 0.05) is 18.8 Å². The molecule has 3 N–H and O–H groups in total. The summed E-state index contributed by atoms with van der Waals surface area (Å²) in [5.74, 6) is -3.95. The summed E-state index contributed by atoms with van der Waals surface area (Å²) in [5, 5.41) is 28.4. The van der Waals surface area contributed by atoms with Gasteiger partial charge in [-0.2, -0.15) is 0 Å². The molecule has 0 aromatic rings. The summed E-state index contributed by atoms with van der Waals surface area (Å²) in [4.78, 5) is 71.0. The number of esters is 3. The van der Waals surface area contributed by atoms with E-state index in [1.165, 1.54) is 0 Å². The van der Waals surface area contributed by atoms with Crippen LogP contribution in [0.3, 0.4) is 0 Å². The first-order chi connectivity index (χ1) is 27.0. The van der Waals surface area contributed by atoms with Gasteiger partial charge in [0.15, 0.2) is 0 Å². The molecule has 320 valence electrons. The second-order valence-electron chi connectivity index (χ2n) is 15.8. The Morgan fingerprint density at radius 2 is 1.11 bits per heavy atom. The van der Waals surface area contributed by atoms with Gasteiger partial charge >= 0.3 is 29.8 Å². The van der Waals surface area contributed by atoms with Crippen LogP contribution in [0.25, 0.3) is 0 Å². The average molecular weight is 793 g/mol. The summed E-state index contributed by atoms with van der Waals surface area (Å²) in [7, 11) is 0. The molecule has 7 unspecified atom stereocenters. The van der Waals surface area contributed by atoms with Gasteiger partial charge in [0.25, 0.3) is 0 Å². The van der Waals surface area contributed by atoms with Crippen molar-refractivity contribution in [2.24, 2.45) is 23.7 Å². The van der Waals surface area contributed by atoms with Crippen LogP contribution >= 0.6 is 0 Å². The number of hydrogen-bond acceptors (Lipinski definition) is 10. The molecule has 2 saturated heterocycles. The van der Waals surface area contributed by atoms with E-state index in [9.17, 15) is 29.1 Å². The van der Waals surface area contributed by atoms with Crippen LogP contribution in [-0.2, 0) is 43.2 Å². The fourth-order valence-electron chi connectivity index (χ4n) is 7.61. The van der Waals surface area contributed by atoms with Crippen molar-refractivity contribution in [2.75, 3.05) is 0 Å². The number of allylic oxidation sites excluding steroid dienone is 4. The summed E-state index contributed by atoms with van der Waals surface area (Å²) in [5.41, 5.74) is 0. The predicted octanol–water partition coefficient (Wildman–Crippen LogP) is 9.56. The molecule has 2 rings (SSSR count). The summed E-state index contributed by atoms with van der Waals surface area (Å²) >= 11 is 0. The lowest BCUT2D eigenvalue weighted by atomic mass is 9.85.